The lowest BCUT2D eigenvalue weighted by atomic mass is 9.84. The second-order valence-electron chi connectivity index (χ2n) is 38.0. The van der Waals surface area contributed by atoms with Crippen molar-refractivity contribution >= 4 is 52.3 Å². The molecule has 1 fully saturated rings. The Kier molecular flexibility index (Phi) is 62.7. The molecule has 6 aromatic carbocycles. The largest absolute Gasteiger partial charge is 0.490 e. The molecule has 3 N–H and O–H groups in total. The Morgan fingerprint density at radius 2 is 0.362 bits per heavy atom. The van der Waals surface area contributed by atoms with Crippen LogP contribution >= 0.6 is 0 Å². The van der Waals surface area contributed by atoms with E-state index in [0.29, 0.717) is 108 Å². The van der Waals surface area contributed by atoms with E-state index in [-0.39, 0.29) is 34.0 Å². The zero-order valence-corrected chi connectivity index (χ0v) is 86.1. The van der Waals surface area contributed by atoms with Crippen LogP contribution in [-0.4, -0.2) is 74.9 Å². The number of esters is 3. The summed E-state index contributed by atoms with van der Waals surface area (Å²) in [5.74, 6) is -0.345. The molecular formula is C120H177N3O15. The molecule has 0 atom stereocenters. The van der Waals surface area contributed by atoms with Crippen molar-refractivity contribution in [2.75, 3.05) is 55.6 Å². The first-order valence-electron chi connectivity index (χ1n) is 55.1. The molecule has 1 aliphatic rings. The average molecular weight is 1900 g/mol. The smallest absolute Gasteiger partial charge is 0.343 e. The molecule has 0 spiro atoms. The first-order chi connectivity index (χ1) is 67.9. The highest BCUT2D eigenvalue weighted by Crippen LogP contribution is 2.36. The van der Waals surface area contributed by atoms with Crippen LogP contribution in [0, 0.1) is 0 Å². The Hall–Kier alpha value is -9.84. The number of carbonyl (C=O) groups excluding carboxylic acids is 6. The third-order valence-corrected chi connectivity index (χ3v) is 25.9. The number of hydrogen-bond acceptors (Lipinski definition) is 18. The number of anilines is 3. The van der Waals surface area contributed by atoms with Crippen LogP contribution < -0.4 is 58.6 Å². The zero-order valence-electron chi connectivity index (χ0n) is 86.1. The van der Waals surface area contributed by atoms with E-state index in [0.717, 1.165) is 96.3 Å². The first kappa shape index (κ1) is 115. The highest BCUT2D eigenvalue weighted by Gasteiger charge is 2.39. The maximum atomic E-state index is 14.7. The zero-order chi connectivity index (χ0) is 98.0. The van der Waals surface area contributed by atoms with Crippen molar-refractivity contribution in [1.82, 2.24) is 0 Å². The van der Waals surface area contributed by atoms with Crippen molar-refractivity contribution in [1.29, 1.82) is 0 Å². The molecule has 0 aliphatic heterocycles. The van der Waals surface area contributed by atoms with E-state index < -0.39 is 35.3 Å². The lowest BCUT2D eigenvalue weighted by Crippen LogP contribution is -2.33. The topological polar surface area (TPSA) is 222 Å². The maximum absolute atomic E-state index is 14.7. The maximum Gasteiger partial charge on any atom is 0.343 e. The average Bonchev–Trinajstić information content (AvgIpc) is 0.773. The van der Waals surface area contributed by atoms with Gasteiger partial charge in [0, 0.05) is 35.7 Å². The highest BCUT2D eigenvalue weighted by molar-refractivity contribution is 6.51. The van der Waals surface area contributed by atoms with Gasteiger partial charge in [0.25, 0.3) is 0 Å². The second kappa shape index (κ2) is 75.1. The van der Waals surface area contributed by atoms with Crippen molar-refractivity contribution in [3.63, 3.8) is 0 Å². The number of unbranched alkanes of at least 4 members (excludes halogenated alkanes) is 54. The van der Waals surface area contributed by atoms with E-state index in [1.807, 2.05) is 0 Å². The van der Waals surface area contributed by atoms with Crippen LogP contribution in [0.2, 0.25) is 0 Å². The third-order valence-electron chi connectivity index (χ3n) is 25.9. The van der Waals surface area contributed by atoms with Crippen LogP contribution in [0.15, 0.2) is 163 Å². The molecule has 6 aromatic rings. The van der Waals surface area contributed by atoms with Crippen molar-refractivity contribution in [2.45, 2.75) is 427 Å². The summed E-state index contributed by atoms with van der Waals surface area (Å²) in [6.45, 7) is 16.6. The fourth-order valence-electron chi connectivity index (χ4n) is 17.2. The molecule has 1 saturated carbocycles. The SMILES string of the molecule is CCCCCCCCCCCCOc1ccc(C(=O)Oc2ccc(NC=C3C(=O)C(=CNc4ccc(OC(=O)c5ccc(OCCCCCCCCCCCC)c(OCCCCCCCCCCCC)c5)cc4)C(=O)C(=CNc4ccc(OC(=O)c5ccc(OCCCCCCCCCCCC)c(OCCCCCCCCCCCC)c5)cc4)C3=O)cc2)cc1OCCCCCCCCCCCC. The van der Waals surface area contributed by atoms with Gasteiger partial charge in [0.15, 0.2) is 34.5 Å². The number of ether oxygens (including phenoxy) is 9. The van der Waals surface area contributed by atoms with E-state index in [2.05, 4.69) is 57.5 Å². The molecule has 762 valence electrons. The van der Waals surface area contributed by atoms with Gasteiger partial charge in [-0.2, -0.15) is 0 Å². The predicted molar refractivity (Wildman–Crippen MR) is 568 cm³/mol. The standard InChI is InChI=1S/C120H177N3O15/c1-7-13-19-25-31-37-43-49-55-61-85-130-109-82-67-97(91-112(109)133-88-64-58-52-46-40-34-28-22-16-10-4)118(127)136-103-76-70-100(71-77-103)121-94-106-115(124)107(95-122-101-72-78-104(79-73-101)137-119(128)98-68-83-110(131-86-62-56-50-44-38-32-26-20-14-8-2)113(92-98)134-89-65-59-53-47-41-35-29-23-17-11-5)117(126)108(116(106)125)96-123-102-74-80-105(81-75-102)138-120(129)99-69-84-111(132-87-63-57-51-45-39-33-27-21-15-9-3)114(93-99)135-90-66-60-54-48-42-36-30-24-18-12-6/h67-84,91-96,121-123H,7-66,85-90H2,1-6H3. The van der Waals surface area contributed by atoms with Gasteiger partial charge in [-0.3, -0.25) is 14.4 Å². The first-order valence-corrected chi connectivity index (χ1v) is 55.1. The molecular weight excluding hydrogens is 1720 g/mol. The van der Waals surface area contributed by atoms with Crippen LogP contribution in [0.3, 0.4) is 0 Å². The number of Topliss-reactive ketones (excluding diaryl/α,β-unsaturated/α-hetero) is 3. The van der Waals surface area contributed by atoms with Gasteiger partial charge in [-0.05, 0) is 166 Å². The number of benzene rings is 6. The molecule has 0 heterocycles. The highest BCUT2D eigenvalue weighted by atomic mass is 16.6. The summed E-state index contributed by atoms with van der Waals surface area (Å²) >= 11 is 0. The Bertz CT molecular complexity index is 3930. The minimum Gasteiger partial charge on any atom is -0.490 e. The summed E-state index contributed by atoms with van der Waals surface area (Å²) in [5, 5.41) is 9.23. The summed E-state index contributed by atoms with van der Waals surface area (Å²) in [6.07, 6.45) is 76.4. The number of hydrogen-bond donors (Lipinski definition) is 3. The minimum atomic E-state index is -0.854. The summed E-state index contributed by atoms with van der Waals surface area (Å²) in [7, 11) is 0. The summed E-state index contributed by atoms with van der Waals surface area (Å²) in [6, 6.07) is 34.9. The van der Waals surface area contributed by atoms with Crippen molar-refractivity contribution < 1.29 is 71.4 Å². The van der Waals surface area contributed by atoms with Crippen molar-refractivity contribution in [2.24, 2.45) is 0 Å². The van der Waals surface area contributed by atoms with Gasteiger partial charge in [0.05, 0.1) is 73.1 Å². The lowest BCUT2D eigenvalue weighted by molar-refractivity contribution is -0.124. The number of rotatable bonds is 84. The van der Waals surface area contributed by atoms with Crippen LogP contribution in [0.25, 0.3) is 0 Å². The van der Waals surface area contributed by atoms with Crippen LogP contribution in [0.5, 0.6) is 51.7 Å². The van der Waals surface area contributed by atoms with Crippen molar-refractivity contribution in [3.8, 4) is 51.7 Å². The van der Waals surface area contributed by atoms with Gasteiger partial charge in [0.1, 0.15) is 17.2 Å². The third kappa shape index (κ3) is 49.3. The second-order valence-corrected chi connectivity index (χ2v) is 38.0. The van der Waals surface area contributed by atoms with Crippen LogP contribution in [-0.2, 0) is 14.4 Å². The summed E-state index contributed by atoms with van der Waals surface area (Å²) in [4.78, 5) is 86.1. The van der Waals surface area contributed by atoms with E-state index >= 15 is 0 Å². The Labute approximate surface area is 832 Å². The van der Waals surface area contributed by atoms with Gasteiger partial charge in [-0.25, -0.2) is 14.4 Å². The minimum absolute atomic E-state index is 0.242. The molecule has 0 amide bonds. The number of carbonyl (C=O) groups is 6. The Balaban J connectivity index is 1.06. The summed E-state index contributed by atoms with van der Waals surface area (Å²) < 4.78 is 55.9. The van der Waals surface area contributed by atoms with Crippen molar-refractivity contribution in [3.05, 3.63) is 179 Å². The van der Waals surface area contributed by atoms with Gasteiger partial charge in [0.2, 0.25) is 17.3 Å². The van der Waals surface area contributed by atoms with E-state index in [9.17, 15) is 28.8 Å². The van der Waals surface area contributed by atoms with E-state index in [1.165, 1.54) is 308 Å². The molecule has 0 radical (unpaired) electrons. The fourth-order valence-corrected chi connectivity index (χ4v) is 17.2. The predicted octanol–water partition coefficient (Wildman–Crippen LogP) is 34.2. The number of allylic oxidation sites excluding steroid dienone is 3. The van der Waals surface area contributed by atoms with Gasteiger partial charge >= 0.3 is 17.9 Å². The molecule has 138 heavy (non-hydrogen) atoms. The molecule has 1 aliphatic carbocycles. The molecule has 0 aromatic heterocycles. The summed E-state index contributed by atoms with van der Waals surface area (Å²) in [5.41, 5.74) is 1.14. The molecule has 18 nitrogen and oxygen atoms in total. The van der Waals surface area contributed by atoms with Gasteiger partial charge in [-0.1, -0.05) is 388 Å². The lowest BCUT2D eigenvalue weighted by Gasteiger charge is -2.18. The molecule has 0 saturated heterocycles. The van der Waals surface area contributed by atoms with Gasteiger partial charge in [-0.15, -0.1) is 0 Å². The molecule has 0 unspecified atom stereocenters. The monoisotopic (exact) mass is 1900 g/mol. The molecule has 7 rings (SSSR count). The number of nitrogens with one attached hydrogen (secondary N) is 3. The Morgan fingerprint density at radius 1 is 0.203 bits per heavy atom. The normalized spacial score (nSPS) is 12.0. The van der Waals surface area contributed by atoms with E-state index in [1.54, 1.807) is 127 Å². The molecule has 0 bridgehead atoms. The quantitative estimate of drug-likeness (QED) is 0.0106. The number of ketones is 3. The molecule has 18 heteroatoms. The van der Waals surface area contributed by atoms with Crippen LogP contribution in [0.4, 0.5) is 17.1 Å². The van der Waals surface area contributed by atoms with Gasteiger partial charge < -0.3 is 58.6 Å². The van der Waals surface area contributed by atoms with Crippen LogP contribution in [0.1, 0.15) is 458 Å². The van der Waals surface area contributed by atoms with E-state index in [4.69, 9.17) is 42.6 Å². The fraction of sp³-hybridized carbons (Fsp3) is 0.600. The Morgan fingerprint density at radius 3 is 0.536 bits per heavy atom.